The maximum absolute atomic E-state index is 12.6. The summed E-state index contributed by atoms with van der Waals surface area (Å²) in [6.45, 7) is 1.09. The number of hydrogen-bond acceptors (Lipinski definition) is 5. The first kappa shape index (κ1) is 18.0. The Labute approximate surface area is 160 Å². The Morgan fingerprint density at radius 1 is 1.29 bits per heavy atom. The molecule has 8 heteroatoms. The number of amides is 1. The molecule has 2 N–H and O–H groups in total. The van der Waals surface area contributed by atoms with Gasteiger partial charge in [0.1, 0.15) is 12.6 Å². The lowest BCUT2D eigenvalue weighted by Gasteiger charge is -2.11. The number of carbonyl (C=O) groups is 2. The molecule has 4 rings (SSSR count). The third-order valence-corrected chi connectivity index (χ3v) is 4.51. The highest BCUT2D eigenvalue weighted by atomic mass is 16.5. The molecule has 1 amide bonds. The van der Waals surface area contributed by atoms with Gasteiger partial charge in [0.2, 0.25) is 5.88 Å². The van der Waals surface area contributed by atoms with Crippen molar-refractivity contribution in [2.24, 2.45) is 0 Å². The first-order valence-corrected chi connectivity index (χ1v) is 8.91. The number of benzene rings is 1. The van der Waals surface area contributed by atoms with Crippen molar-refractivity contribution in [3.8, 4) is 5.88 Å². The number of carbonyl (C=O) groups excluding carboxylic acids is 1. The van der Waals surface area contributed by atoms with Gasteiger partial charge in [0, 0.05) is 47.0 Å². The van der Waals surface area contributed by atoms with E-state index in [0.717, 1.165) is 17.3 Å². The van der Waals surface area contributed by atoms with Crippen LogP contribution >= 0.6 is 0 Å². The molecule has 0 aliphatic carbocycles. The van der Waals surface area contributed by atoms with Gasteiger partial charge in [-0.3, -0.25) is 9.59 Å². The fourth-order valence-corrected chi connectivity index (χ4v) is 3.16. The van der Waals surface area contributed by atoms with Gasteiger partial charge in [0.15, 0.2) is 0 Å². The molecule has 8 nitrogen and oxygen atoms in total. The Morgan fingerprint density at radius 2 is 2.18 bits per heavy atom. The Bertz CT molecular complexity index is 1020. The van der Waals surface area contributed by atoms with Crippen molar-refractivity contribution in [1.29, 1.82) is 0 Å². The summed E-state index contributed by atoms with van der Waals surface area (Å²) in [6.07, 6.45) is 4.02. The molecule has 0 spiro atoms. The first-order chi connectivity index (χ1) is 13.6. The maximum atomic E-state index is 12.6. The fourth-order valence-electron chi connectivity index (χ4n) is 3.16. The van der Waals surface area contributed by atoms with Crippen LogP contribution in [0.4, 0.5) is 5.69 Å². The first-order valence-electron chi connectivity index (χ1n) is 8.91. The molecule has 1 aliphatic rings. The van der Waals surface area contributed by atoms with E-state index in [0.29, 0.717) is 30.3 Å². The average molecular weight is 381 g/mol. The van der Waals surface area contributed by atoms with Crippen molar-refractivity contribution in [1.82, 2.24) is 9.55 Å². The van der Waals surface area contributed by atoms with Gasteiger partial charge in [-0.2, -0.15) is 0 Å². The highest BCUT2D eigenvalue weighted by Crippen LogP contribution is 2.22. The summed E-state index contributed by atoms with van der Waals surface area (Å²) in [6, 6.07) is 10.4. The number of hydrogen-bond donors (Lipinski definition) is 2. The summed E-state index contributed by atoms with van der Waals surface area (Å²) in [5.41, 5.74) is 1.85. The molecule has 1 aromatic carbocycles. The SMILES string of the molecule is O=C(O)Cn1ccc2cc(NC(=O)c3ccnc(OC4CCOC4)c3)ccc21. The van der Waals surface area contributed by atoms with Crippen molar-refractivity contribution in [2.75, 3.05) is 18.5 Å². The molecule has 0 bridgehead atoms. The molecule has 0 saturated carbocycles. The van der Waals surface area contributed by atoms with E-state index < -0.39 is 5.97 Å². The highest BCUT2D eigenvalue weighted by molar-refractivity contribution is 6.05. The van der Waals surface area contributed by atoms with Crippen LogP contribution in [-0.4, -0.2) is 45.9 Å². The van der Waals surface area contributed by atoms with Crippen molar-refractivity contribution in [2.45, 2.75) is 19.1 Å². The largest absolute Gasteiger partial charge is 0.480 e. The molecule has 3 heterocycles. The van der Waals surface area contributed by atoms with Crippen LogP contribution in [0.3, 0.4) is 0 Å². The lowest BCUT2D eigenvalue weighted by Crippen LogP contribution is -2.17. The minimum absolute atomic E-state index is 0.0388. The monoisotopic (exact) mass is 381 g/mol. The number of pyridine rings is 1. The third kappa shape index (κ3) is 3.96. The van der Waals surface area contributed by atoms with Crippen LogP contribution in [0.1, 0.15) is 16.8 Å². The van der Waals surface area contributed by atoms with Crippen LogP contribution in [0.5, 0.6) is 5.88 Å². The Morgan fingerprint density at radius 3 is 2.96 bits per heavy atom. The summed E-state index contributed by atoms with van der Waals surface area (Å²) in [5.74, 6) is -0.793. The number of carboxylic acid groups (broad SMARTS) is 1. The molecule has 3 aromatic rings. The van der Waals surface area contributed by atoms with Gasteiger partial charge < -0.3 is 24.5 Å². The molecule has 2 aromatic heterocycles. The van der Waals surface area contributed by atoms with Crippen LogP contribution in [0.2, 0.25) is 0 Å². The van der Waals surface area contributed by atoms with Gasteiger partial charge in [0.25, 0.3) is 5.91 Å². The zero-order valence-corrected chi connectivity index (χ0v) is 15.0. The van der Waals surface area contributed by atoms with E-state index in [1.807, 2.05) is 6.07 Å². The molecule has 1 saturated heterocycles. The van der Waals surface area contributed by atoms with E-state index in [1.54, 1.807) is 41.1 Å². The van der Waals surface area contributed by atoms with Crippen molar-refractivity contribution in [3.63, 3.8) is 0 Å². The predicted molar refractivity (Wildman–Crippen MR) is 102 cm³/mol. The van der Waals surface area contributed by atoms with E-state index in [2.05, 4.69) is 10.3 Å². The quantitative estimate of drug-likeness (QED) is 0.680. The number of rotatable bonds is 6. The number of aromatic nitrogens is 2. The number of aliphatic carboxylic acids is 1. The normalized spacial score (nSPS) is 16.2. The molecule has 1 unspecified atom stereocenters. The van der Waals surface area contributed by atoms with Gasteiger partial charge in [-0.05, 0) is 30.3 Å². The zero-order chi connectivity index (χ0) is 19.5. The molecule has 144 valence electrons. The Hall–Kier alpha value is -3.39. The Kier molecular flexibility index (Phi) is 4.94. The van der Waals surface area contributed by atoms with Crippen molar-refractivity contribution >= 4 is 28.5 Å². The smallest absolute Gasteiger partial charge is 0.323 e. The molecule has 1 aliphatic heterocycles. The second kappa shape index (κ2) is 7.69. The topological polar surface area (TPSA) is 103 Å². The maximum Gasteiger partial charge on any atom is 0.323 e. The summed E-state index contributed by atoms with van der Waals surface area (Å²) in [4.78, 5) is 27.7. The van der Waals surface area contributed by atoms with Gasteiger partial charge in [-0.1, -0.05) is 0 Å². The molecule has 28 heavy (non-hydrogen) atoms. The van der Waals surface area contributed by atoms with Gasteiger partial charge in [-0.25, -0.2) is 4.98 Å². The van der Waals surface area contributed by atoms with E-state index >= 15 is 0 Å². The number of nitrogens with zero attached hydrogens (tertiary/aromatic N) is 2. The minimum atomic E-state index is -0.908. The number of fused-ring (bicyclic) bond motifs is 1. The second-order valence-electron chi connectivity index (χ2n) is 6.55. The molecule has 1 atom stereocenters. The standard InChI is InChI=1S/C20H19N3O5/c24-19(25)11-23-7-4-13-9-15(1-2-17(13)23)22-20(26)14-3-6-21-18(10-14)28-16-5-8-27-12-16/h1-4,6-7,9-10,16H,5,8,11-12H2,(H,22,26)(H,24,25). The van der Waals surface area contributed by atoms with Crippen LogP contribution in [0.15, 0.2) is 48.8 Å². The van der Waals surface area contributed by atoms with E-state index in [1.165, 1.54) is 6.20 Å². The number of ether oxygens (including phenoxy) is 2. The van der Waals surface area contributed by atoms with E-state index in [-0.39, 0.29) is 18.6 Å². The van der Waals surface area contributed by atoms with Gasteiger partial charge in [0.05, 0.1) is 13.2 Å². The summed E-state index contributed by atoms with van der Waals surface area (Å²) in [5, 5.41) is 12.7. The van der Waals surface area contributed by atoms with Crippen LogP contribution in [-0.2, 0) is 16.1 Å². The van der Waals surface area contributed by atoms with Crippen LogP contribution in [0.25, 0.3) is 10.9 Å². The Balaban J connectivity index is 1.48. The lowest BCUT2D eigenvalue weighted by atomic mass is 10.2. The van der Waals surface area contributed by atoms with Gasteiger partial charge in [-0.15, -0.1) is 0 Å². The summed E-state index contributed by atoms with van der Waals surface area (Å²) in [7, 11) is 0. The second-order valence-corrected chi connectivity index (χ2v) is 6.55. The van der Waals surface area contributed by atoms with Crippen molar-refractivity contribution < 1.29 is 24.2 Å². The third-order valence-electron chi connectivity index (χ3n) is 4.51. The summed E-state index contributed by atoms with van der Waals surface area (Å²) >= 11 is 0. The van der Waals surface area contributed by atoms with Crippen molar-refractivity contribution in [3.05, 3.63) is 54.4 Å². The molecule has 0 radical (unpaired) electrons. The zero-order valence-electron chi connectivity index (χ0n) is 15.0. The van der Waals surface area contributed by atoms with E-state index in [4.69, 9.17) is 14.6 Å². The molecule has 1 fully saturated rings. The minimum Gasteiger partial charge on any atom is -0.480 e. The van der Waals surface area contributed by atoms with Crippen LogP contribution < -0.4 is 10.1 Å². The van der Waals surface area contributed by atoms with E-state index in [9.17, 15) is 9.59 Å². The molecular formula is C20H19N3O5. The fraction of sp³-hybridized carbons (Fsp3) is 0.250. The highest BCUT2D eigenvalue weighted by Gasteiger charge is 2.18. The lowest BCUT2D eigenvalue weighted by molar-refractivity contribution is -0.137. The molecular weight excluding hydrogens is 362 g/mol. The number of anilines is 1. The van der Waals surface area contributed by atoms with Gasteiger partial charge >= 0.3 is 5.97 Å². The predicted octanol–water partition coefficient (Wildman–Crippen LogP) is 2.54. The number of carboxylic acids is 1. The van der Waals surface area contributed by atoms with Crippen LogP contribution in [0, 0.1) is 0 Å². The number of nitrogens with one attached hydrogen (secondary N) is 1. The average Bonchev–Trinajstić information content (AvgIpc) is 3.31. The summed E-state index contributed by atoms with van der Waals surface area (Å²) < 4.78 is 12.7.